The van der Waals surface area contributed by atoms with Gasteiger partial charge in [-0.3, -0.25) is 4.79 Å². The molecule has 1 aromatic rings. The highest BCUT2D eigenvalue weighted by atomic mass is 35.5. The molecule has 3 N–H and O–H groups in total. The lowest BCUT2D eigenvalue weighted by molar-refractivity contribution is -0.120. The third-order valence-corrected chi connectivity index (χ3v) is 4.57. The Morgan fingerprint density at radius 1 is 1.47 bits per heavy atom. The molecule has 0 radical (unpaired) electrons. The van der Waals surface area contributed by atoms with Crippen molar-refractivity contribution in [3.8, 4) is 0 Å². The van der Waals surface area contributed by atoms with E-state index in [0.29, 0.717) is 17.1 Å². The number of carbonyl (C=O) groups is 1. The number of nitrogens with two attached hydrogens (primary N) is 1. The maximum atomic E-state index is 11.5. The lowest BCUT2D eigenvalue weighted by Crippen LogP contribution is -2.22. The second kappa shape index (κ2) is 5.65. The van der Waals surface area contributed by atoms with Gasteiger partial charge >= 0.3 is 0 Å². The second-order valence-electron chi connectivity index (χ2n) is 4.09. The zero-order valence-corrected chi connectivity index (χ0v) is 11.0. The van der Waals surface area contributed by atoms with Crippen LogP contribution in [0.15, 0.2) is 23.1 Å². The van der Waals surface area contributed by atoms with E-state index in [2.05, 4.69) is 5.32 Å². The average Bonchev–Trinajstić information content (AvgIpc) is 2.48. The van der Waals surface area contributed by atoms with Crippen molar-refractivity contribution in [3.05, 3.63) is 23.2 Å². The lowest BCUT2D eigenvalue weighted by Gasteiger charge is -2.14. The Morgan fingerprint density at radius 2 is 2.29 bits per heavy atom. The summed E-state index contributed by atoms with van der Waals surface area (Å²) < 4.78 is 0. The van der Waals surface area contributed by atoms with Gasteiger partial charge in [-0.15, -0.1) is 11.8 Å². The smallest absolute Gasteiger partial charge is 0.221 e. The molecule has 17 heavy (non-hydrogen) atoms. The van der Waals surface area contributed by atoms with Gasteiger partial charge in [0, 0.05) is 28.8 Å². The molecule has 3 nitrogen and oxygen atoms in total. The molecule has 1 aromatic carbocycles. The van der Waals surface area contributed by atoms with Gasteiger partial charge < -0.3 is 11.1 Å². The molecular formula is C12H15ClN2OS. The number of nitrogens with one attached hydrogen (secondary N) is 1. The van der Waals surface area contributed by atoms with Crippen LogP contribution in [0.4, 0.5) is 5.69 Å². The fraction of sp³-hybridized carbons (Fsp3) is 0.417. The molecule has 92 valence electrons. The van der Waals surface area contributed by atoms with Gasteiger partial charge in [0.2, 0.25) is 5.91 Å². The van der Waals surface area contributed by atoms with Crippen molar-refractivity contribution in [2.75, 3.05) is 12.3 Å². The maximum Gasteiger partial charge on any atom is 0.221 e. The van der Waals surface area contributed by atoms with Gasteiger partial charge in [-0.1, -0.05) is 17.7 Å². The molecule has 1 unspecified atom stereocenters. The van der Waals surface area contributed by atoms with Crippen LogP contribution in [0, 0.1) is 0 Å². The van der Waals surface area contributed by atoms with Gasteiger partial charge in [-0.05, 0) is 25.0 Å². The van der Waals surface area contributed by atoms with Crippen molar-refractivity contribution in [1.82, 2.24) is 5.32 Å². The number of amides is 1. The lowest BCUT2D eigenvalue weighted by atomic mass is 10.2. The number of benzene rings is 1. The highest BCUT2D eigenvalue weighted by Gasteiger charge is 2.20. The Balaban J connectivity index is 2.11. The van der Waals surface area contributed by atoms with Gasteiger partial charge in [0.1, 0.15) is 0 Å². The molecule has 2 rings (SSSR count). The summed E-state index contributed by atoms with van der Waals surface area (Å²) in [5.41, 5.74) is 6.59. The first-order chi connectivity index (χ1) is 8.16. The van der Waals surface area contributed by atoms with Crippen LogP contribution in [0.1, 0.15) is 19.3 Å². The maximum absolute atomic E-state index is 11.5. The second-order valence-corrected chi connectivity index (χ2v) is 5.81. The van der Waals surface area contributed by atoms with Crippen molar-refractivity contribution in [1.29, 1.82) is 0 Å². The summed E-state index contributed by atoms with van der Waals surface area (Å²) in [6.45, 7) is 0.772. The summed E-state index contributed by atoms with van der Waals surface area (Å²) in [6, 6.07) is 5.50. The van der Waals surface area contributed by atoms with Crippen molar-refractivity contribution in [3.63, 3.8) is 0 Å². The summed E-state index contributed by atoms with van der Waals surface area (Å²) in [6.07, 6.45) is 2.55. The number of anilines is 1. The third-order valence-electron chi connectivity index (χ3n) is 2.72. The molecule has 1 atom stereocenters. The standard InChI is InChI=1S/C12H15ClN2OS/c13-9-4-1-5-10(14)12(9)17-8-3-2-6-15-11(16)7-8/h1,4-5,8H,2-3,6-7,14H2,(H,15,16). The Morgan fingerprint density at radius 3 is 3.06 bits per heavy atom. The monoisotopic (exact) mass is 270 g/mol. The molecule has 0 bridgehead atoms. The minimum Gasteiger partial charge on any atom is -0.398 e. The first-order valence-corrected chi connectivity index (χ1v) is 6.90. The Bertz CT molecular complexity index is 405. The predicted molar refractivity (Wildman–Crippen MR) is 72.4 cm³/mol. The predicted octanol–water partition coefficient (Wildman–Crippen LogP) is 2.68. The van der Waals surface area contributed by atoms with E-state index in [4.69, 9.17) is 17.3 Å². The fourth-order valence-corrected chi connectivity index (χ4v) is 3.41. The SMILES string of the molecule is Nc1cccc(Cl)c1SC1CCCNC(=O)C1. The van der Waals surface area contributed by atoms with E-state index in [1.807, 2.05) is 18.2 Å². The normalized spacial score (nSPS) is 20.8. The van der Waals surface area contributed by atoms with E-state index < -0.39 is 0 Å². The van der Waals surface area contributed by atoms with Crippen LogP contribution in [0.25, 0.3) is 0 Å². The molecule has 5 heteroatoms. The first-order valence-electron chi connectivity index (χ1n) is 5.64. The molecule has 1 heterocycles. The Labute approximate surface area is 110 Å². The van der Waals surface area contributed by atoms with Crippen LogP contribution in [0.2, 0.25) is 5.02 Å². The van der Waals surface area contributed by atoms with E-state index in [9.17, 15) is 4.79 Å². The zero-order valence-electron chi connectivity index (χ0n) is 9.41. The summed E-state index contributed by atoms with van der Waals surface area (Å²) in [7, 11) is 0. The minimum atomic E-state index is 0.116. The van der Waals surface area contributed by atoms with Crippen LogP contribution >= 0.6 is 23.4 Å². The molecular weight excluding hydrogens is 256 g/mol. The molecule has 0 saturated carbocycles. The van der Waals surface area contributed by atoms with Crippen LogP contribution in [-0.2, 0) is 4.79 Å². The number of nitrogen functional groups attached to an aromatic ring is 1. The minimum absolute atomic E-state index is 0.116. The molecule has 0 spiro atoms. The van der Waals surface area contributed by atoms with Gasteiger partial charge in [0.25, 0.3) is 0 Å². The van der Waals surface area contributed by atoms with Gasteiger partial charge in [-0.25, -0.2) is 0 Å². The summed E-state index contributed by atoms with van der Waals surface area (Å²) in [5, 5.41) is 3.80. The summed E-state index contributed by atoms with van der Waals surface area (Å²) >= 11 is 7.74. The molecule has 0 aliphatic carbocycles. The zero-order chi connectivity index (χ0) is 12.3. The topological polar surface area (TPSA) is 55.1 Å². The van der Waals surface area contributed by atoms with E-state index in [0.717, 1.165) is 24.3 Å². The summed E-state index contributed by atoms with van der Waals surface area (Å²) in [4.78, 5) is 12.4. The highest BCUT2D eigenvalue weighted by molar-refractivity contribution is 8.00. The quantitative estimate of drug-likeness (QED) is 0.813. The molecule has 1 saturated heterocycles. The van der Waals surface area contributed by atoms with Crippen LogP contribution < -0.4 is 11.1 Å². The van der Waals surface area contributed by atoms with Crippen LogP contribution in [-0.4, -0.2) is 17.7 Å². The van der Waals surface area contributed by atoms with E-state index in [-0.39, 0.29) is 11.2 Å². The molecule has 0 aromatic heterocycles. The van der Waals surface area contributed by atoms with Crippen LogP contribution in [0.5, 0.6) is 0 Å². The molecule has 1 amide bonds. The Hall–Kier alpha value is -0.870. The number of carbonyl (C=O) groups excluding carboxylic acids is 1. The van der Waals surface area contributed by atoms with Gasteiger partial charge in [-0.2, -0.15) is 0 Å². The number of halogens is 1. The van der Waals surface area contributed by atoms with E-state index >= 15 is 0 Å². The summed E-state index contributed by atoms with van der Waals surface area (Å²) in [5.74, 6) is 0.116. The Kier molecular flexibility index (Phi) is 4.18. The van der Waals surface area contributed by atoms with Crippen molar-refractivity contribution in [2.24, 2.45) is 0 Å². The molecule has 1 aliphatic rings. The largest absolute Gasteiger partial charge is 0.398 e. The van der Waals surface area contributed by atoms with Crippen molar-refractivity contribution in [2.45, 2.75) is 29.4 Å². The average molecular weight is 271 g/mol. The number of hydrogen-bond acceptors (Lipinski definition) is 3. The van der Waals surface area contributed by atoms with Crippen molar-refractivity contribution < 1.29 is 4.79 Å². The first kappa shape index (κ1) is 12.6. The third kappa shape index (κ3) is 3.30. The van der Waals surface area contributed by atoms with E-state index in [1.54, 1.807) is 11.8 Å². The fourth-order valence-electron chi connectivity index (χ4n) is 1.86. The molecule has 1 aliphatic heterocycles. The molecule has 1 fully saturated rings. The van der Waals surface area contributed by atoms with Gasteiger partial charge in [0.05, 0.1) is 5.02 Å². The number of rotatable bonds is 2. The van der Waals surface area contributed by atoms with Gasteiger partial charge in [0.15, 0.2) is 0 Å². The van der Waals surface area contributed by atoms with Crippen LogP contribution in [0.3, 0.4) is 0 Å². The van der Waals surface area contributed by atoms with Crippen molar-refractivity contribution >= 4 is 35.0 Å². The van der Waals surface area contributed by atoms with E-state index in [1.165, 1.54) is 0 Å². The highest BCUT2D eigenvalue weighted by Crippen LogP contribution is 2.37. The number of hydrogen-bond donors (Lipinski definition) is 2. The number of thioether (sulfide) groups is 1.